The molecule has 6 heteroatoms. The number of hydrogen-bond donors (Lipinski definition) is 2. The highest BCUT2D eigenvalue weighted by Gasteiger charge is 2.12. The zero-order valence-electron chi connectivity index (χ0n) is 15.1. The SMILES string of the molecule is CC(=O)Nc1cc(C(=O)NCCC(C)C)ccc1Sc1ccc(F)cc1. The monoisotopic (exact) mass is 374 g/mol. The van der Waals surface area contributed by atoms with Crippen LogP contribution in [0.15, 0.2) is 52.3 Å². The lowest BCUT2D eigenvalue weighted by atomic mass is 10.1. The van der Waals surface area contributed by atoms with Crippen molar-refractivity contribution in [1.82, 2.24) is 5.32 Å². The van der Waals surface area contributed by atoms with Crippen molar-refractivity contribution < 1.29 is 14.0 Å². The van der Waals surface area contributed by atoms with Gasteiger partial charge in [-0.2, -0.15) is 0 Å². The lowest BCUT2D eigenvalue weighted by Gasteiger charge is -2.13. The van der Waals surface area contributed by atoms with E-state index in [-0.39, 0.29) is 17.6 Å². The lowest BCUT2D eigenvalue weighted by molar-refractivity contribution is -0.114. The highest BCUT2D eigenvalue weighted by molar-refractivity contribution is 7.99. The van der Waals surface area contributed by atoms with E-state index in [4.69, 9.17) is 0 Å². The third-order valence-electron chi connectivity index (χ3n) is 3.60. The van der Waals surface area contributed by atoms with Crippen LogP contribution in [-0.4, -0.2) is 18.4 Å². The molecule has 0 atom stereocenters. The summed E-state index contributed by atoms with van der Waals surface area (Å²) in [5, 5.41) is 5.65. The third-order valence-corrected chi connectivity index (χ3v) is 4.68. The van der Waals surface area contributed by atoms with E-state index in [0.717, 1.165) is 16.2 Å². The van der Waals surface area contributed by atoms with Crippen LogP contribution in [-0.2, 0) is 4.79 Å². The van der Waals surface area contributed by atoms with Crippen LogP contribution in [0, 0.1) is 11.7 Å². The Morgan fingerprint density at radius 2 is 1.81 bits per heavy atom. The van der Waals surface area contributed by atoms with Crippen molar-refractivity contribution in [3.8, 4) is 0 Å². The van der Waals surface area contributed by atoms with Crippen molar-refractivity contribution in [3.63, 3.8) is 0 Å². The van der Waals surface area contributed by atoms with Crippen LogP contribution in [0.5, 0.6) is 0 Å². The molecule has 0 heterocycles. The highest BCUT2D eigenvalue weighted by atomic mass is 32.2. The van der Waals surface area contributed by atoms with E-state index in [1.807, 2.05) is 0 Å². The Kier molecular flexibility index (Phi) is 7.21. The molecule has 2 amide bonds. The number of anilines is 1. The van der Waals surface area contributed by atoms with Gasteiger partial charge in [-0.15, -0.1) is 0 Å². The molecule has 0 aliphatic rings. The van der Waals surface area contributed by atoms with Gasteiger partial charge < -0.3 is 10.6 Å². The van der Waals surface area contributed by atoms with Gasteiger partial charge in [0.05, 0.1) is 5.69 Å². The average Bonchev–Trinajstić information content (AvgIpc) is 2.57. The van der Waals surface area contributed by atoms with Gasteiger partial charge in [0.15, 0.2) is 0 Å². The van der Waals surface area contributed by atoms with E-state index in [2.05, 4.69) is 24.5 Å². The van der Waals surface area contributed by atoms with E-state index in [9.17, 15) is 14.0 Å². The highest BCUT2D eigenvalue weighted by Crippen LogP contribution is 2.34. The van der Waals surface area contributed by atoms with E-state index < -0.39 is 0 Å². The van der Waals surface area contributed by atoms with E-state index in [0.29, 0.717) is 23.7 Å². The van der Waals surface area contributed by atoms with Gasteiger partial charge >= 0.3 is 0 Å². The number of carbonyl (C=O) groups is 2. The van der Waals surface area contributed by atoms with Gasteiger partial charge in [0, 0.05) is 28.8 Å². The van der Waals surface area contributed by atoms with Crippen molar-refractivity contribution in [2.45, 2.75) is 37.0 Å². The first-order valence-corrected chi connectivity index (χ1v) is 9.30. The van der Waals surface area contributed by atoms with Gasteiger partial charge in [0.1, 0.15) is 5.82 Å². The quantitative estimate of drug-likeness (QED) is 0.738. The molecular formula is C20H23FN2O2S. The van der Waals surface area contributed by atoms with Gasteiger partial charge in [0.25, 0.3) is 5.91 Å². The maximum Gasteiger partial charge on any atom is 0.251 e. The predicted octanol–water partition coefficient (Wildman–Crippen LogP) is 4.71. The summed E-state index contributed by atoms with van der Waals surface area (Å²) in [5.41, 5.74) is 1.05. The molecule has 0 aliphatic carbocycles. The Morgan fingerprint density at radius 3 is 2.42 bits per heavy atom. The third kappa shape index (κ3) is 6.19. The first-order chi connectivity index (χ1) is 12.3. The molecule has 0 saturated carbocycles. The summed E-state index contributed by atoms with van der Waals surface area (Å²) >= 11 is 1.39. The first-order valence-electron chi connectivity index (χ1n) is 8.48. The van der Waals surface area contributed by atoms with Crippen molar-refractivity contribution >= 4 is 29.3 Å². The fourth-order valence-corrected chi connectivity index (χ4v) is 3.14. The fourth-order valence-electron chi connectivity index (χ4n) is 2.25. The number of nitrogens with one attached hydrogen (secondary N) is 2. The summed E-state index contributed by atoms with van der Waals surface area (Å²) in [6.45, 7) is 6.23. The van der Waals surface area contributed by atoms with Gasteiger partial charge in [0.2, 0.25) is 5.91 Å². The predicted molar refractivity (Wildman–Crippen MR) is 103 cm³/mol. The van der Waals surface area contributed by atoms with E-state index in [1.54, 1.807) is 30.3 Å². The molecule has 0 spiro atoms. The fraction of sp³-hybridized carbons (Fsp3) is 0.300. The smallest absolute Gasteiger partial charge is 0.251 e. The number of hydrogen-bond acceptors (Lipinski definition) is 3. The molecule has 2 aromatic rings. The second-order valence-electron chi connectivity index (χ2n) is 6.39. The van der Waals surface area contributed by atoms with Crippen LogP contribution in [0.2, 0.25) is 0 Å². The topological polar surface area (TPSA) is 58.2 Å². The second kappa shape index (κ2) is 9.38. The summed E-state index contributed by atoms with van der Waals surface area (Å²) in [5.74, 6) is -0.177. The minimum absolute atomic E-state index is 0.171. The molecule has 26 heavy (non-hydrogen) atoms. The molecular weight excluding hydrogens is 351 g/mol. The molecule has 2 rings (SSSR count). The summed E-state index contributed by atoms with van der Waals surface area (Å²) in [6, 6.07) is 11.3. The van der Waals surface area contributed by atoms with Gasteiger partial charge in [-0.05, 0) is 54.8 Å². The summed E-state index contributed by atoms with van der Waals surface area (Å²) in [6.07, 6.45) is 0.906. The average molecular weight is 374 g/mol. The minimum atomic E-state index is -0.301. The zero-order chi connectivity index (χ0) is 19.1. The largest absolute Gasteiger partial charge is 0.352 e. The van der Waals surface area contributed by atoms with Crippen LogP contribution < -0.4 is 10.6 Å². The number of halogens is 1. The Morgan fingerprint density at radius 1 is 1.12 bits per heavy atom. The number of rotatable bonds is 7. The molecule has 0 bridgehead atoms. The lowest BCUT2D eigenvalue weighted by Crippen LogP contribution is -2.25. The molecule has 4 nitrogen and oxygen atoms in total. The Hall–Kier alpha value is -2.34. The number of amides is 2. The summed E-state index contributed by atoms with van der Waals surface area (Å²) in [7, 11) is 0. The Labute approximate surface area is 157 Å². The normalized spacial score (nSPS) is 10.7. The van der Waals surface area contributed by atoms with E-state index in [1.165, 1.54) is 30.8 Å². The molecule has 0 saturated heterocycles. The van der Waals surface area contributed by atoms with Gasteiger partial charge in [-0.1, -0.05) is 25.6 Å². The van der Waals surface area contributed by atoms with Crippen molar-refractivity contribution in [1.29, 1.82) is 0 Å². The number of benzene rings is 2. The van der Waals surface area contributed by atoms with Crippen LogP contribution in [0.1, 0.15) is 37.6 Å². The maximum absolute atomic E-state index is 13.1. The van der Waals surface area contributed by atoms with E-state index >= 15 is 0 Å². The Bertz CT molecular complexity index is 776. The molecule has 0 aromatic heterocycles. The molecule has 0 fully saturated rings. The Balaban J connectivity index is 2.19. The molecule has 0 unspecified atom stereocenters. The summed E-state index contributed by atoms with van der Waals surface area (Å²) in [4.78, 5) is 25.4. The minimum Gasteiger partial charge on any atom is -0.352 e. The van der Waals surface area contributed by atoms with Gasteiger partial charge in [-0.25, -0.2) is 4.39 Å². The molecule has 138 valence electrons. The van der Waals surface area contributed by atoms with Crippen LogP contribution >= 0.6 is 11.8 Å². The molecule has 2 N–H and O–H groups in total. The van der Waals surface area contributed by atoms with Crippen LogP contribution in [0.4, 0.5) is 10.1 Å². The van der Waals surface area contributed by atoms with Crippen LogP contribution in [0.3, 0.4) is 0 Å². The summed E-state index contributed by atoms with van der Waals surface area (Å²) < 4.78 is 13.1. The van der Waals surface area contributed by atoms with Crippen molar-refractivity contribution in [2.75, 3.05) is 11.9 Å². The maximum atomic E-state index is 13.1. The second-order valence-corrected chi connectivity index (χ2v) is 7.50. The molecule has 0 radical (unpaired) electrons. The van der Waals surface area contributed by atoms with Crippen LogP contribution in [0.25, 0.3) is 0 Å². The van der Waals surface area contributed by atoms with Crippen molar-refractivity contribution in [3.05, 3.63) is 53.8 Å². The zero-order valence-corrected chi connectivity index (χ0v) is 16.0. The van der Waals surface area contributed by atoms with Crippen molar-refractivity contribution in [2.24, 2.45) is 5.92 Å². The van der Waals surface area contributed by atoms with Gasteiger partial charge in [-0.3, -0.25) is 9.59 Å². The molecule has 0 aliphatic heterocycles. The molecule has 2 aromatic carbocycles. The number of carbonyl (C=O) groups excluding carboxylic acids is 2. The standard InChI is InChI=1S/C20H23FN2O2S/c1-13(2)10-11-22-20(25)15-4-9-19(18(12-15)23-14(3)24)26-17-7-5-16(21)6-8-17/h4-9,12-13H,10-11H2,1-3H3,(H,22,25)(H,23,24). The first kappa shape index (κ1) is 20.0.